The van der Waals surface area contributed by atoms with Crippen molar-refractivity contribution in [2.75, 3.05) is 47.5 Å². The van der Waals surface area contributed by atoms with E-state index in [0.717, 1.165) is 38.0 Å². The van der Waals surface area contributed by atoms with Gasteiger partial charge in [0.15, 0.2) is 5.82 Å². The minimum atomic E-state index is 0.440. The second-order valence-corrected chi connectivity index (χ2v) is 8.88. The summed E-state index contributed by atoms with van der Waals surface area (Å²) < 4.78 is 2.64. The third-order valence-corrected chi connectivity index (χ3v) is 7.50. The molecule has 24 heavy (non-hydrogen) atoms. The summed E-state index contributed by atoms with van der Waals surface area (Å²) in [4.78, 5) is 4.81. The summed E-state index contributed by atoms with van der Waals surface area (Å²) in [5, 5.41) is 9.01. The van der Waals surface area contributed by atoms with Crippen molar-refractivity contribution in [2.45, 2.75) is 11.0 Å². The predicted molar refractivity (Wildman–Crippen MR) is 104 cm³/mol. The van der Waals surface area contributed by atoms with E-state index in [1.165, 1.54) is 23.6 Å². The maximum Gasteiger partial charge on any atom is 0.227 e. The highest BCUT2D eigenvalue weighted by Crippen LogP contribution is 2.43. The molecule has 0 bridgehead atoms. The van der Waals surface area contributed by atoms with Gasteiger partial charge in [-0.05, 0) is 30.1 Å². The first-order chi connectivity index (χ1) is 11.8. The number of aromatic nitrogens is 3. The molecule has 7 heteroatoms. The van der Waals surface area contributed by atoms with Gasteiger partial charge in [-0.25, -0.2) is 0 Å². The zero-order valence-corrected chi connectivity index (χ0v) is 15.6. The van der Waals surface area contributed by atoms with Gasteiger partial charge in [-0.3, -0.25) is 4.57 Å². The Morgan fingerprint density at radius 3 is 2.29 bits per heavy atom. The molecule has 0 saturated carbocycles. The maximum atomic E-state index is 4.51. The van der Waals surface area contributed by atoms with E-state index in [0.29, 0.717) is 4.58 Å². The molecule has 1 aromatic carbocycles. The fraction of sp³-hybridized carbons (Fsp3) is 0.529. The zero-order chi connectivity index (χ0) is 16.4. The molecule has 0 atom stereocenters. The Kier molecular flexibility index (Phi) is 4.89. The number of hydrogen-bond acceptors (Lipinski definition) is 6. The number of hydrogen-bond donors (Lipinski definition) is 0. The van der Waals surface area contributed by atoms with Crippen LogP contribution in [0.1, 0.15) is 16.8 Å². The summed E-state index contributed by atoms with van der Waals surface area (Å²) >= 11 is 4.00. The van der Waals surface area contributed by atoms with Crippen LogP contribution in [0, 0.1) is 0 Å². The molecule has 2 aromatic rings. The van der Waals surface area contributed by atoms with E-state index in [1.54, 1.807) is 0 Å². The summed E-state index contributed by atoms with van der Waals surface area (Å²) in [5.74, 6) is 4.60. The molecule has 4 rings (SSSR count). The Morgan fingerprint density at radius 2 is 1.58 bits per heavy atom. The lowest BCUT2D eigenvalue weighted by atomic mass is 10.2. The molecule has 0 radical (unpaired) electrons. The monoisotopic (exact) mass is 361 g/mol. The average molecular weight is 362 g/mol. The highest BCUT2D eigenvalue weighted by atomic mass is 32.2. The van der Waals surface area contributed by atoms with Gasteiger partial charge in [0, 0.05) is 38.9 Å². The summed E-state index contributed by atoms with van der Waals surface area (Å²) in [6.45, 7) is 4.04. The number of thioether (sulfide) groups is 2. The molecule has 0 spiro atoms. The maximum absolute atomic E-state index is 4.51. The van der Waals surface area contributed by atoms with Crippen LogP contribution in [0.2, 0.25) is 0 Å². The third-order valence-electron chi connectivity index (χ3n) is 4.61. The van der Waals surface area contributed by atoms with E-state index in [1.807, 2.05) is 23.5 Å². The van der Waals surface area contributed by atoms with Crippen LogP contribution < -0.4 is 9.80 Å². The summed E-state index contributed by atoms with van der Waals surface area (Å²) in [6.07, 6.45) is 1.30. The molecule has 1 aromatic heterocycles. The molecule has 0 amide bonds. The first-order valence-electron chi connectivity index (χ1n) is 8.50. The Morgan fingerprint density at radius 1 is 0.917 bits per heavy atom. The number of piperazine rings is 1. The minimum absolute atomic E-state index is 0.440. The average Bonchev–Trinajstić information content (AvgIpc) is 3.05. The van der Waals surface area contributed by atoms with Crippen molar-refractivity contribution in [1.29, 1.82) is 0 Å². The van der Waals surface area contributed by atoms with Crippen molar-refractivity contribution in [1.82, 2.24) is 14.8 Å². The van der Waals surface area contributed by atoms with Gasteiger partial charge in [0.25, 0.3) is 0 Å². The van der Waals surface area contributed by atoms with Gasteiger partial charge in [0.1, 0.15) is 4.58 Å². The van der Waals surface area contributed by atoms with E-state index >= 15 is 0 Å². The quantitative estimate of drug-likeness (QED) is 0.837. The Bertz CT molecular complexity index is 661. The lowest BCUT2D eigenvalue weighted by Gasteiger charge is -2.36. The molecule has 0 unspecified atom stereocenters. The van der Waals surface area contributed by atoms with Gasteiger partial charge in [-0.15, -0.1) is 33.7 Å². The van der Waals surface area contributed by atoms with Gasteiger partial charge >= 0.3 is 0 Å². The molecule has 2 saturated heterocycles. The largest absolute Gasteiger partial charge is 0.368 e. The molecule has 0 N–H and O–H groups in total. The van der Waals surface area contributed by atoms with Crippen LogP contribution in [0.5, 0.6) is 0 Å². The van der Waals surface area contributed by atoms with Crippen molar-refractivity contribution >= 4 is 35.2 Å². The Hall–Kier alpha value is -1.34. The van der Waals surface area contributed by atoms with Crippen LogP contribution in [-0.4, -0.2) is 52.4 Å². The van der Waals surface area contributed by atoms with Crippen molar-refractivity contribution < 1.29 is 0 Å². The zero-order valence-electron chi connectivity index (χ0n) is 14.0. The predicted octanol–water partition coefficient (Wildman–Crippen LogP) is 3.01. The van der Waals surface area contributed by atoms with Crippen molar-refractivity contribution in [3.8, 4) is 0 Å². The first kappa shape index (κ1) is 16.1. The second kappa shape index (κ2) is 7.27. The number of para-hydroxylation sites is 1. The number of nitrogens with zero attached hydrogens (tertiary/aromatic N) is 5. The van der Waals surface area contributed by atoms with Crippen LogP contribution in [-0.2, 0) is 7.05 Å². The van der Waals surface area contributed by atoms with Crippen LogP contribution >= 0.6 is 23.5 Å². The first-order valence-corrected chi connectivity index (χ1v) is 10.6. The van der Waals surface area contributed by atoms with Gasteiger partial charge < -0.3 is 9.80 Å². The number of rotatable bonds is 3. The summed E-state index contributed by atoms with van der Waals surface area (Å²) in [7, 11) is 2.12. The van der Waals surface area contributed by atoms with Crippen LogP contribution in [0.4, 0.5) is 11.6 Å². The molecule has 0 aliphatic carbocycles. The summed E-state index contributed by atoms with van der Waals surface area (Å²) in [6, 6.07) is 10.7. The third kappa shape index (κ3) is 3.24. The normalized spacial score (nSPS) is 19.7. The van der Waals surface area contributed by atoms with Crippen molar-refractivity contribution in [3.05, 3.63) is 36.2 Å². The van der Waals surface area contributed by atoms with Gasteiger partial charge in [-0.1, -0.05) is 18.2 Å². The fourth-order valence-electron chi connectivity index (χ4n) is 3.25. The van der Waals surface area contributed by atoms with Crippen molar-refractivity contribution in [3.63, 3.8) is 0 Å². The minimum Gasteiger partial charge on any atom is -0.368 e. The molecular weight excluding hydrogens is 338 g/mol. The van der Waals surface area contributed by atoms with Crippen LogP contribution in [0.15, 0.2) is 30.3 Å². The van der Waals surface area contributed by atoms with E-state index in [2.05, 4.69) is 61.9 Å². The molecular formula is C17H23N5S2. The van der Waals surface area contributed by atoms with Gasteiger partial charge in [-0.2, -0.15) is 0 Å². The smallest absolute Gasteiger partial charge is 0.227 e. The fourth-order valence-corrected chi connectivity index (χ4v) is 6.16. The number of anilines is 2. The molecule has 2 fully saturated rings. The molecule has 2 aliphatic heterocycles. The van der Waals surface area contributed by atoms with E-state index in [-0.39, 0.29) is 0 Å². The summed E-state index contributed by atoms with van der Waals surface area (Å²) in [5.41, 5.74) is 1.31. The highest BCUT2D eigenvalue weighted by Gasteiger charge is 2.26. The SMILES string of the molecule is Cn1c(C2SCCCS2)nnc1N1CCN(c2ccccc2)CC1. The van der Waals surface area contributed by atoms with Crippen LogP contribution in [0.25, 0.3) is 0 Å². The van der Waals surface area contributed by atoms with Crippen molar-refractivity contribution in [2.24, 2.45) is 7.05 Å². The van der Waals surface area contributed by atoms with Crippen LogP contribution in [0.3, 0.4) is 0 Å². The topological polar surface area (TPSA) is 37.2 Å². The molecule has 3 heterocycles. The lowest BCUT2D eigenvalue weighted by molar-refractivity contribution is 0.628. The molecule has 2 aliphatic rings. The molecule has 128 valence electrons. The van der Waals surface area contributed by atoms with E-state index < -0.39 is 0 Å². The second-order valence-electron chi connectivity index (χ2n) is 6.15. The van der Waals surface area contributed by atoms with E-state index in [9.17, 15) is 0 Å². The highest BCUT2D eigenvalue weighted by molar-refractivity contribution is 8.16. The van der Waals surface area contributed by atoms with Gasteiger partial charge in [0.05, 0.1) is 0 Å². The number of benzene rings is 1. The Balaban J connectivity index is 1.43. The Labute approximate surface area is 151 Å². The van der Waals surface area contributed by atoms with Gasteiger partial charge in [0.2, 0.25) is 5.95 Å². The van der Waals surface area contributed by atoms with E-state index in [4.69, 9.17) is 0 Å². The standard InChI is InChI=1S/C17H23N5S2/c1-20-15(16-23-12-5-13-24-16)18-19-17(20)22-10-8-21(9-11-22)14-6-3-2-4-7-14/h2-4,6-7,16H,5,8-13H2,1H3. The molecule has 5 nitrogen and oxygen atoms in total. The lowest BCUT2D eigenvalue weighted by Crippen LogP contribution is -2.47.